The Bertz CT molecular complexity index is 1230. The highest BCUT2D eigenvalue weighted by molar-refractivity contribution is 6.26. The third-order valence-electron chi connectivity index (χ3n) is 5.79. The Hall–Kier alpha value is -3.99. The molecule has 0 spiro atoms. The van der Waals surface area contributed by atoms with Gasteiger partial charge < -0.3 is 5.32 Å². The first-order chi connectivity index (χ1) is 15.6. The van der Waals surface area contributed by atoms with E-state index in [0.717, 1.165) is 10.5 Å². The first-order valence-electron chi connectivity index (χ1n) is 10.6. The molecule has 2 aliphatic heterocycles. The number of rotatable bonds is 4. The quantitative estimate of drug-likeness (QED) is 0.538. The summed E-state index contributed by atoms with van der Waals surface area (Å²) >= 11 is 0. The second-order valence-corrected chi connectivity index (χ2v) is 9.17. The summed E-state index contributed by atoms with van der Waals surface area (Å²) in [5.41, 5.74) is 7.69. The molecular formula is C25H23N3O5. The molecule has 1 unspecified atom stereocenters. The normalized spacial score (nSPS) is 20.2. The van der Waals surface area contributed by atoms with Crippen molar-refractivity contribution in [3.63, 3.8) is 0 Å². The van der Waals surface area contributed by atoms with Crippen molar-refractivity contribution in [2.24, 2.45) is 0 Å². The Labute approximate surface area is 190 Å². The van der Waals surface area contributed by atoms with Gasteiger partial charge in [0.25, 0.3) is 17.7 Å². The minimum Gasteiger partial charge on any atom is -0.347 e. The number of fused-ring (bicyclic) bond motifs is 1. The van der Waals surface area contributed by atoms with Crippen molar-refractivity contribution >= 4 is 29.5 Å². The highest BCUT2D eigenvalue weighted by Gasteiger charge is 2.47. The number of nitrogens with one attached hydrogen (secondary N) is 2. The molecule has 2 N–H and O–H groups in total. The number of carbonyl (C=O) groups is 5. The van der Waals surface area contributed by atoms with Crippen molar-refractivity contribution in [2.75, 3.05) is 6.54 Å². The highest BCUT2D eigenvalue weighted by Crippen LogP contribution is 2.30. The lowest BCUT2D eigenvalue weighted by atomic mass is 9.87. The van der Waals surface area contributed by atoms with Gasteiger partial charge in [0.05, 0.1) is 12.1 Å². The summed E-state index contributed by atoms with van der Waals surface area (Å²) in [7, 11) is 0. The van der Waals surface area contributed by atoms with Crippen molar-refractivity contribution in [1.82, 2.24) is 15.5 Å². The van der Waals surface area contributed by atoms with E-state index >= 15 is 0 Å². The van der Waals surface area contributed by atoms with Crippen LogP contribution < -0.4 is 10.6 Å². The fourth-order valence-electron chi connectivity index (χ4n) is 3.88. The van der Waals surface area contributed by atoms with Gasteiger partial charge in [-0.2, -0.15) is 0 Å². The largest absolute Gasteiger partial charge is 0.347 e. The Kier molecular flexibility index (Phi) is 5.50. The smallest absolute Gasteiger partial charge is 0.270 e. The van der Waals surface area contributed by atoms with E-state index in [2.05, 4.69) is 42.9 Å². The van der Waals surface area contributed by atoms with Gasteiger partial charge in [-0.3, -0.25) is 34.2 Å². The zero-order chi connectivity index (χ0) is 23.9. The molecule has 5 amide bonds. The molecule has 4 rings (SSSR count). The van der Waals surface area contributed by atoms with Crippen molar-refractivity contribution in [2.45, 2.75) is 45.1 Å². The number of piperidine rings is 1. The van der Waals surface area contributed by atoms with Gasteiger partial charge in [0, 0.05) is 17.6 Å². The van der Waals surface area contributed by atoms with E-state index in [-0.39, 0.29) is 41.9 Å². The molecule has 2 fully saturated rings. The topological polar surface area (TPSA) is 113 Å². The molecule has 0 aromatic heterocycles. The van der Waals surface area contributed by atoms with E-state index in [1.165, 1.54) is 6.08 Å². The zero-order valence-corrected chi connectivity index (χ0v) is 18.6. The van der Waals surface area contributed by atoms with Gasteiger partial charge in [-0.1, -0.05) is 44.4 Å². The number of amides is 5. The molecular weight excluding hydrogens is 422 g/mol. The van der Waals surface area contributed by atoms with Crippen molar-refractivity contribution in [3.05, 3.63) is 69.7 Å². The molecule has 0 bridgehead atoms. The zero-order valence-electron chi connectivity index (χ0n) is 18.6. The number of nitrogens with zero attached hydrogens (tertiary/aromatic N) is 1. The van der Waals surface area contributed by atoms with Crippen LogP contribution in [0.4, 0.5) is 0 Å². The molecule has 1 aliphatic carbocycles. The van der Waals surface area contributed by atoms with Gasteiger partial charge in [0.1, 0.15) is 11.6 Å². The molecule has 1 aromatic carbocycles. The second-order valence-electron chi connectivity index (χ2n) is 9.17. The first-order valence-corrected chi connectivity index (χ1v) is 10.6. The standard InChI is InChI=1S/C25H23N3O5/c1-25(2,3)16-7-5-15(6-8-16)21(30)26-13-14-4-9-17-18(12-14)24(33)28(23(17)32)19-10-11-20(29)27-22(19)31/h5-8,12,19H,10-11,13H2,1-3H3,(H,26,30)(H,27,29,31). The fraction of sp³-hybridized carbons (Fsp3) is 0.320. The summed E-state index contributed by atoms with van der Waals surface area (Å²) < 4.78 is 0. The Morgan fingerprint density at radius 2 is 1.79 bits per heavy atom. The summed E-state index contributed by atoms with van der Waals surface area (Å²) in [6.45, 7) is 6.37. The minimum atomic E-state index is -1.04. The van der Waals surface area contributed by atoms with Crippen LogP contribution in [0.25, 0.3) is 0 Å². The van der Waals surface area contributed by atoms with E-state index in [4.69, 9.17) is 0 Å². The summed E-state index contributed by atoms with van der Waals surface area (Å²) in [6.07, 6.45) is 1.60. The van der Waals surface area contributed by atoms with E-state index in [1.807, 2.05) is 12.1 Å². The van der Waals surface area contributed by atoms with E-state index in [1.54, 1.807) is 12.1 Å². The Morgan fingerprint density at radius 3 is 2.42 bits per heavy atom. The Morgan fingerprint density at radius 1 is 1.09 bits per heavy atom. The second kappa shape index (κ2) is 8.17. The average Bonchev–Trinajstić information content (AvgIpc) is 3.01. The molecule has 1 aromatic rings. The number of imide groups is 2. The molecule has 0 radical (unpaired) electrons. The minimum absolute atomic E-state index is 0.0180. The highest BCUT2D eigenvalue weighted by atomic mass is 16.2. The average molecular weight is 445 g/mol. The first kappa shape index (κ1) is 22.2. The molecule has 33 heavy (non-hydrogen) atoms. The van der Waals surface area contributed by atoms with Crippen LogP contribution in [0.3, 0.4) is 0 Å². The van der Waals surface area contributed by atoms with Gasteiger partial charge in [0.2, 0.25) is 11.8 Å². The van der Waals surface area contributed by atoms with E-state index in [9.17, 15) is 24.0 Å². The lowest BCUT2D eigenvalue weighted by Crippen LogP contribution is -2.54. The van der Waals surface area contributed by atoms with Crippen LogP contribution in [0.2, 0.25) is 0 Å². The van der Waals surface area contributed by atoms with Gasteiger partial charge in [-0.15, -0.1) is 0 Å². The molecule has 2 saturated heterocycles. The summed E-state index contributed by atoms with van der Waals surface area (Å²) in [4.78, 5) is 62.5. The molecule has 1 atom stereocenters. The lowest BCUT2D eigenvalue weighted by molar-refractivity contribution is -0.149. The van der Waals surface area contributed by atoms with Crippen LogP contribution >= 0.6 is 0 Å². The van der Waals surface area contributed by atoms with Crippen LogP contribution in [0.5, 0.6) is 0 Å². The third kappa shape index (κ3) is 4.22. The molecule has 8 heteroatoms. The fourth-order valence-corrected chi connectivity index (χ4v) is 3.88. The molecule has 3 aliphatic rings. The predicted octanol–water partition coefficient (Wildman–Crippen LogP) is 1.43. The monoisotopic (exact) mass is 445 g/mol. The number of likely N-dealkylation sites (tertiary alicyclic amines) is 1. The number of hydrogen-bond acceptors (Lipinski definition) is 5. The summed E-state index contributed by atoms with van der Waals surface area (Å²) in [5.74, 6) is -2.65. The van der Waals surface area contributed by atoms with Crippen LogP contribution in [0.15, 0.2) is 58.5 Å². The predicted molar refractivity (Wildman–Crippen MR) is 118 cm³/mol. The maximum absolute atomic E-state index is 12.9. The number of benzene rings is 1. The molecule has 2 heterocycles. The van der Waals surface area contributed by atoms with Crippen molar-refractivity contribution < 1.29 is 24.0 Å². The lowest BCUT2D eigenvalue weighted by Gasteiger charge is -2.27. The van der Waals surface area contributed by atoms with Crippen LogP contribution in [0.1, 0.15) is 49.5 Å². The number of hydrogen-bond donors (Lipinski definition) is 2. The molecule has 8 nitrogen and oxygen atoms in total. The Balaban J connectivity index is 1.46. The maximum Gasteiger partial charge on any atom is 0.270 e. The molecule has 0 saturated carbocycles. The summed E-state index contributed by atoms with van der Waals surface area (Å²) in [5, 5.41) is 4.93. The van der Waals surface area contributed by atoms with Gasteiger partial charge in [-0.25, -0.2) is 0 Å². The SMILES string of the molecule is CC(C)(C)c1ccc(C(=O)NCC2=C=C=C3C(=O)N(C4CCC(=O)NC4=O)C(=O)C3=C2)cc1. The van der Waals surface area contributed by atoms with Crippen molar-refractivity contribution in [3.8, 4) is 0 Å². The maximum atomic E-state index is 12.9. The van der Waals surface area contributed by atoms with Gasteiger partial charge in [-0.05, 0) is 35.6 Å². The van der Waals surface area contributed by atoms with Crippen LogP contribution in [0, 0.1) is 0 Å². The van der Waals surface area contributed by atoms with Crippen molar-refractivity contribution in [1.29, 1.82) is 0 Å². The van der Waals surface area contributed by atoms with Crippen LogP contribution in [-0.4, -0.2) is 47.0 Å². The molecule has 168 valence electrons. The van der Waals surface area contributed by atoms with Gasteiger partial charge >= 0.3 is 0 Å². The van der Waals surface area contributed by atoms with Gasteiger partial charge in [0.15, 0.2) is 0 Å². The summed E-state index contributed by atoms with van der Waals surface area (Å²) in [6, 6.07) is 6.31. The number of carbonyl (C=O) groups excluding carboxylic acids is 5. The van der Waals surface area contributed by atoms with E-state index in [0.29, 0.717) is 11.1 Å². The third-order valence-corrected chi connectivity index (χ3v) is 5.79. The van der Waals surface area contributed by atoms with Crippen LogP contribution in [-0.2, 0) is 24.6 Å². The van der Waals surface area contributed by atoms with E-state index < -0.39 is 29.7 Å².